The van der Waals surface area contributed by atoms with Crippen LogP contribution in [-0.4, -0.2) is 31.9 Å². The van der Waals surface area contributed by atoms with Crippen molar-refractivity contribution in [3.05, 3.63) is 60.2 Å². The second-order valence-electron chi connectivity index (χ2n) is 5.24. The number of aliphatic carboxylic acids is 1. The summed E-state index contributed by atoms with van der Waals surface area (Å²) in [6, 6.07) is 14.4. The van der Waals surface area contributed by atoms with Crippen LogP contribution in [0.3, 0.4) is 0 Å². The molecule has 2 rings (SSSR count). The summed E-state index contributed by atoms with van der Waals surface area (Å²) in [5.74, 6) is -1.26. The quantitative estimate of drug-likeness (QED) is 0.622. The number of hydrogen-bond acceptors (Lipinski definition) is 4. The van der Waals surface area contributed by atoms with E-state index in [1.165, 1.54) is 24.3 Å². The smallest absolute Gasteiger partial charge is 0.303 e. The lowest BCUT2D eigenvalue weighted by molar-refractivity contribution is -0.137. The van der Waals surface area contributed by atoms with Crippen molar-refractivity contribution in [2.24, 2.45) is 0 Å². The van der Waals surface area contributed by atoms with Gasteiger partial charge in [-0.2, -0.15) is 0 Å². The molecule has 0 radical (unpaired) electrons. The Morgan fingerprint density at radius 3 is 2.20 bits per heavy atom. The minimum atomic E-state index is -3.71. The number of rotatable bonds is 8. The molecule has 2 aromatic carbocycles. The Labute approximate surface area is 145 Å². The molecule has 0 spiro atoms. The van der Waals surface area contributed by atoms with E-state index in [1.807, 2.05) is 0 Å². The van der Waals surface area contributed by atoms with Gasteiger partial charge < -0.3 is 10.4 Å². The first-order chi connectivity index (χ1) is 11.9. The third kappa shape index (κ3) is 5.70. The van der Waals surface area contributed by atoms with Crippen molar-refractivity contribution in [2.75, 3.05) is 11.9 Å². The Kier molecular flexibility index (Phi) is 6.26. The maximum atomic E-state index is 12.1. The van der Waals surface area contributed by atoms with E-state index in [4.69, 9.17) is 5.11 Å². The Morgan fingerprint density at radius 1 is 0.960 bits per heavy atom. The molecule has 0 heterocycles. The van der Waals surface area contributed by atoms with Crippen LogP contribution in [0.1, 0.15) is 23.2 Å². The molecule has 25 heavy (non-hydrogen) atoms. The van der Waals surface area contributed by atoms with Gasteiger partial charge in [0.25, 0.3) is 5.91 Å². The number of amides is 1. The van der Waals surface area contributed by atoms with E-state index < -0.39 is 16.0 Å². The number of carbonyl (C=O) groups is 2. The average Bonchev–Trinajstić information content (AvgIpc) is 2.60. The van der Waals surface area contributed by atoms with Gasteiger partial charge in [-0.25, -0.2) is 13.1 Å². The summed E-state index contributed by atoms with van der Waals surface area (Å²) in [4.78, 5) is 22.5. The number of sulfonamides is 1. The molecule has 0 fully saturated rings. The Balaban J connectivity index is 1.96. The number of carboxylic acids is 1. The average molecular weight is 362 g/mol. The zero-order valence-electron chi connectivity index (χ0n) is 13.3. The van der Waals surface area contributed by atoms with Crippen LogP contribution in [0.25, 0.3) is 0 Å². The van der Waals surface area contributed by atoms with E-state index in [-0.39, 0.29) is 30.2 Å². The minimum Gasteiger partial charge on any atom is -0.481 e. The molecule has 3 N–H and O–H groups in total. The van der Waals surface area contributed by atoms with Gasteiger partial charge in [0, 0.05) is 24.2 Å². The van der Waals surface area contributed by atoms with Crippen LogP contribution in [-0.2, 0) is 14.8 Å². The molecule has 0 aromatic heterocycles. The molecule has 0 bridgehead atoms. The van der Waals surface area contributed by atoms with Crippen LogP contribution in [0.5, 0.6) is 0 Å². The molecule has 0 unspecified atom stereocenters. The molecule has 2 aromatic rings. The monoisotopic (exact) mass is 362 g/mol. The fourth-order valence-corrected chi connectivity index (χ4v) is 3.11. The van der Waals surface area contributed by atoms with Crippen LogP contribution >= 0.6 is 0 Å². The largest absolute Gasteiger partial charge is 0.481 e. The number of nitrogens with one attached hydrogen (secondary N) is 2. The van der Waals surface area contributed by atoms with Gasteiger partial charge in [0.1, 0.15) is 0 Å². The predicted octanol–water partition coefficient (Wildman–Crippen LogP) is 2.08. The summed E-state index contributed by atoms with van der Waals surface area (Å²) >= 11 is 0. The molecule has 8 heteroatoms. The third-order valence-corrected chi connectivity index (χ3v) is 4.79. The van der Waals surface area contributed by atoms with Crippen molar-refractivity contribution >= 4 is 27.6 Å². The second-order valence-corrected chi connectivity index (χ2v) is 7.01. The molecule has 7 nitrogen and oxygen atoms in total. The number of benzene rings is 2. The summed E-state index contributed by atoms with van der Waals surface area (Å²) in [7, 11) is -3.71. The van der Waals surface area contributed by atoms with Crippen molar-refractivity contribution in [3.8, 4) is 0 Å². The van der Waals surface area contributed by atoms with E-state index >= 15 is 0 Å². The number of anilines is 1. The van der Waals surface area contributed by atoms with E-state index in [1.54, 1.807) is 30.3 Å². The molecule has 0 aliphatic heterocycles. The molecule has 0 saturated heterocycles. The highest BCUT2D eigenvalue weighted by Crippen LogP contribution is 2.15. The maximum absolute atomic E-state index is 12.1. The molecule has 0 saturated carbocycles. The molecule has 0 atom stereocenters. The maximum Gasteiger partial charge on any atom is 0.303 e. The number of hydrogen-bond donors (Lipinski definition) is 3. The topological polar surface area (TPSA) is 113 Å². The fraction of sp³-hybridized carbons (Fsp3) is 0.176. The first-order valence-electron chi connectivity index (χ1n) is 7.56. The summed E-state index contributed by atoms with van der Waals surface area (Å²) in [6.45, 7) is 0.0428. The highest BCUT2D eigenvalue weighted by Gasteiger charge is 2.14. The molecule has 0 aliphatic rings. The highest BCUT2D eigenvalue weighted by atomic mass is 32.2. The standard InChI is InChI=1S/C17H18N2O5S/c20-16(21)7-4-12-18-25(23,24)15-10-8-14(9-11-15)19-17(22)13-5-2-1-3-6-13/h1-3,5-6,8-11,18H,4,7,12H2,(H,19,22)(H,20,21). The zero-order valence-corrected chi connectivity index (χ0v) is 14.1. The highest BCUT2D eigenvalue weighted by molar-refractivity contribution is 7.89. The Bertz CT molecular complexity index is 833. The second kappa shape index (κ2) is 8.41. The van der Waals surface area contributed by atoms with Crippen molar-refractivity contribution in [3.63, 3.8) is 0 Å². The summed E-state index contributed by atoms with van der Waals surface area (Å²) in [6.07, 6.45) is 0.104. The van der Waals surface area contributed by atoms with Crippen molar-refractivity contribution < 1.29 is 23.1 Å². The van der Waals surface area contributed by atoms with Crippen LogP contribution in [0.2, 0.25) is 0 Å². The van der Waals surface area contributed by atoms with Crippen molar-refractivity contribution in [2.45, 2.75) is 17.7 Å². The van der Waals surface area contributed by atoms with Gasteiger partial charge in [0.15, 0.2) is 0 Å². The van der Waals surface area contributed by atoms with Crippen LogP contribution in [0.15, 0.2) is 59.5 Å². The normalized spacial score (nSPS) is 11.0. The summed E-state index contributed by atoms with van der Waals surface area (Å²) in [5, 5.41) is 11.2. The number of carbonyl (C=O) groups excluding carboxylic acids is 1. The SMILES string of the molecule is O=C(O)CCCNS(=O)(=O)c1ccc(NC(=O)c2ccccc2)cc1. The molecule has 1 amide bonds. The Hall–Kier alpha value is -2.71. The van der Waals surface area contributed by atoms with Crippen molar-refractivity contribution in [1.82, 2.24) is 4.72 Å². The van der Waals surface area contributed by atoms with E-state index in [0.29, 0.717) is 11.3 Å². The van der Waals surface area contributed by atoms with E-state index in [9.17, 15) is 18.0 Å². The number of carboxylic acid groups (broad SMARTS) is 1. The van der Waals surface area contributed by atoms with Crippen LogP contribution < -0.4 is 10.0 Å². The summed E-state index contributed by atoms with van der Waals surface area (Å²) < 4.78 is 26.5. The molecular weight excluding hydrogens is 344 g/mol. The van der Waals surface area contributed by atoms with Gasteiger partial charge in [-0.3, -0.25) is 9.59 Å². The van der Waals surface area contributed by atoms with Gasteiger partial charge in [-0.05, 0) is 42.8 Å². The van der Waals surface area contributed by atoms with Crippen molar-refractivity contribution in [1.29, 1.82) is 0 Å². The lowest BCUT2D eigenvalue weighted by Crippen LogP contribution is -2.25. The minimum absolute atomic E-state index is 0.0422. The first kappa shape index (κ1) is 18.6. The van der Waals surface area contributed by atoms with Crippen LogP contribution in [0.4, 0.5) is 5.69 Å². The molecular formula is C17H18N2O5S. The van der Waals surface area contributed by atoms with E-state index in [2.05, 4.69) is 10.0 Å². The lowest BCUT2D eigenvalue weighted by atomic mass is 10.2. The predicted molar refractivity (Wildman–Crippen MR) is 92.9 cm³/mol. The van der Waals surface area contributed by atoms with Gasteiger partial charge in [-0.1, -0.05) is 18.2 Å². The molecule has 132 valence electrons. The van der Waals surface area contributed by atoms with Gasteiger partial charge in [-0.15, -0.1) is 0 Å². The van der Waals surface area contributed by atoms with Gasteiger partial charge >= 0.3 is 5.97 Å². The fourth-order valence-electron chi connectivity index (χ4n) is 2.04. The van der Waals surface area contributed by atoms with Gasteiger partial charge in [0.05, 0.1) is 4.90 Å². The third-order valence-electron chi connectivity index (χ3n) is 3.32. The van der Waals surface area contributed by atoms with Crippen LogP contribution in [0, 0.1) is 0 Å². The Morgan fingerprint density at radius 2 is 1.60 bits per heavy atom. The van der Waals surface area contributed by atoms with Gasteiger partial charge in [0.2, 0.25) is 10.0 Å². The molecule has 0 aliphatic carbocycles. The van der Waals surface area contributed by atoms with E-state index in [0.717, 1.165) is 0 Å². The lowest BCUT2D eigenvalue weighted by Gasteiger charge is -2.08. The zero-order chi connectivity index (χ0) is 18.3. The summed E-state index contributed by atoms with van der Waals surface area (Å²) in [5.41, 5.74) is 0.970. The first-order valence-corrected chi connectivity index (χ1v) is 9.05.